The zero-order chi connectivity index (χ0) is 10.7. The van der Waals surface area contributed by atoms with Crippen LogP contribution in [-0.2, 0) is 0 Å². The number of nitrogens with two attached hydrogens (primary N) is 1. The highest BCUT2D eigenvalue weighted by atomic mass is 14.9. The molecule has 15 heavy (non-hydrogen) atoms. The Morgan fingerprint density at radius 3 is 2.00 bits per heavy atom. The van der Waals surface area contributed by atoms with Crippen LogP contribution >= 0.6 is 0 Å². The van der Waals surface area contributed by atoms with E-state index >= 15 is 0 Å². The van der Waals surface area contributed by atoms with Crippen LogP contribution in [0, 0.1) is 11.8 Å². The molecule has 2 aliphatic carbocycles. The quantitative estimate of drug-likeness (QED) is 0.750. The summed E-state index contributed by atoms with van der Waals surface area (Å²) in [4.78, 5) is 0. The lowest BCUT2D eigenvalue weighted by Crippen LogP contribution is -2.41. The predicted octanol–water partition coefficient (Wildman–Crippen LogP) is 2.28. The van der Waals surface area contributed by atoms with Crippen LogP contribution < -0.4 is 11.1 Å². The molecule has 2 heteroatoms. The molecule has 2 fully saturated rings. The van der Waals surface area contributed by atoms with Crippen LogP contribution in [0.4, 0.5) is 0 Å². The van der Waals surface area contributed by atoms with Gasteiger partial charge in [0.15, 0.2) is 0 Å². The van der Waals surface area contributed by atoms with Crippen molar-refractivity contribution in [2.45, 2.75) is 63.5 Å². The normalized spacial score (nSPS) is 35.6. The van der Waals surface area contributed by atoms with E-state index in [-0.39, 0.29) is 0 Å². The van der Waals surface area contributed by atoms with Gasteiger partial charge in [-0.2, -0.15) is 0 Å². The van der Waals surface area contributed by atoms with E-state index in [0.29, 0.717) is 6.04 Å². The average Bonchev–Trinajstić information content (AvgIpc) is 2.82. The molecule has 2 saturated carbocycles. The number of rotatable bonds is 3. The molecule has 0 aromatic heterocycles. The van der Waals surface area contributed by atoms with Crippen molar-refractivity contribution in [2.24, 2.45) is 17.6 Å². The summed E-state index contributed by atoms with van der Waals surface area (Å²) in [6, 6.07) is 1.27. The maximum atomic E-state index is 6.42. The van der Waals surface area contributed by atoms with Gasteiger partial charge in [-0.15, -0.1) is 0 Å². The van der Waals surface area contributed by atoms with Crippen LogP contribution in [0.2, 0.25) is 0 Å². The van der Waals surface area contributed by atoms with Gasteiger partial charge in [0.05, 0.1) is 0 Å². The molecule has 2 aliphatic rings. The third kappa shape index (κ3) is 2.73. The molecule has 0 saturated heterocycles. The van der Waals surface area contributed by atoms with E-state index in [4.69, 9.17) is 5.73 Å². The minimum Gasteiger partial charge on any atom is -0.327 e. The highest BCUT2D eigenvalue weighted by Crippen LogP contribution is 2.35. The van der Waals surface area contributed by atoms with E-state index in [1.807, 2.05) is 0 Å². The van der Waals surface area contributed by atoms with Gasteiger partial charge in [-0.25, -0.2) is 0 Å². The Morgan fingerprint density at radius 1 is 0.933 bits per heavy atom. The second-order valence-electron chi connectivity index (χ2n) is 5.52. The van der Waals surface area contributed by atoms with Gasteiger partial charge < -0.3 is 11.1 Å². The summed E-state index contributed by atoms with van der Waals surface area (Å²) >= 11 is 0. The van der Waals surface area contributed by atoms with Crippen molar-refractivity contribution in [1.82, 2.24) is 5.32 Å². The van der Waals surface area contributed by atoms with Crippen LogP contribution in [0.25, 0.3) is 0 Å². The molecular weight excluding hydrogens is 184 g/mol. The molecule has 1 unspecified atom stereocenters. The first-order valence-corrected chi connectivity index (χ1v) is 6.74. The Balaban J connectivity index is 1.78. The molecule has 2 rings (SSSR count). The summed E-state index contributed by atoms with van der Waals surface area (Å²) in [5, 5.41) is 3.39. The van der Waals surface area contributed by atoms with Gasteiger partial charge in [0.2, 0.25) is 0 Å². The van der Waals surface area contributed by atoms with E-state index in [0.717, 1.165) is 17.9 Å². The summed E-state index contributed by atoms with van der Waals surface area (Å²) in [6.07, 6.45) is 11.0. The molecule has 0 amide bonds. The van der Waals surface area contributed by atoms with Crippen LogP contribution in [0.15, 0.2) is 0 Å². The van der Waals surface area contributed by atoms with E-state index in [2.05, 4.69) is 12.4 Å². The lowest BCUT2D eigenvalue weighted by atomic mass is 9.77. The molecule has 0 radical (unpaired) electrons. The molecule has 2 nitrogen and oxygen atoms in total. The molecule has 0 bridgehead atoms. The zero-order valence-corrected chi connectivity index (χ0v) is 10.0. The van der Waals surface area contributed by atoms with Crippen molar-refractivity contribution < 1.29 is 0 Å². The molecule has 0 spiro atoms. The van der Waals surface area contributed by atoms with Crippen molar-refractivity contribution in [1.29, 1.82) is 0 Å². The highest BCUT2D eigenvalue weighted by molar-refractivity contribution is 4.87. The number of hydrogen-bond donors (Lipinski definition) is 2. The first-order valence-electron chi connectivity index (χ1n) is 6.74. The van der Waals surface area contributed by atoms with Crippen LogP contribution in [0.3, 0.4) is 0 Å². The first-order chi connectivity index (χ1) is 7.31. The topological polar surface area (TPSA) is 38.0 Å². The molecule has 0 heterocycles. The Hall–Kier alpha value is -0.0800. The third-order valence-electron chi connectivity index (χ3n) is 4.67. The fraction of sp³-hybridized carbons (Fsp3) is 1.00. The SMILES string of the molecule is CNC1CCC(C(N)C2CCCC2)CC1. The van der Waals surface area contributed by atoms with Crippen LogP contribution in [0.1, 0.15) is 51.4 Å². The minimum atomic E-state index is 0.505. The van der Waals surface area contributed by atoms with Crippen LogP contribution in [0.5, 0.6) is 0 Å². The van der Waals surface area contributed by atoms with Crippen molar-refractivity contribution in [3.8, 4) is 0 Å². The van der Waals surface area contributed by atoms with Gasteiger partial charge in [-0.05, 0) is 57.4 Å². The Labute approximate surface area is 94.0 Å². The molecule has 1 atom stereocenters. The second kappa shape index (κ2) is 5.31. The summed E-state index contributed by atoms with van der Waals surface area (Å²) < 4.78 is 0. The largest absolute Gasteiger partial charge is 0.327 e. The number of hydrogen-bond acceptors (Lipinski definition) is 2. The predicted molar refractivity (Wildman–Crippen MR) is 64.7 cm³/mol. The summed E-state index contributed by atoms with van der Waals surface area (Å²) in [5.74, 6) is 1.67. The Bertz CT molecular complexity index is 179. The molecule has 3 N–H and O–H groups in total. The van der Waals surface area contributed by atoms with Gasteiger partial charge in [-0.1, -0.05) is 12.8 Å². The second-order valence-corrected chi connectivity index (χ2v) is 5.52. The van der Waals surface area contributed by atoms with E-state index < -0.39 is 0 Å². The summed E-state index contributed by atoms with van der Waals surface area (Å²) in [7, 11) is 2.09. The van der Waals surface area contributed by atoms with Gasteiger partial charge in [0.1, 0.15) is 0 Å². The van der Waals surface area contributed by atoms with Gasteiger partial charge >= 0.3 is 0 Å². The molecular formula is C13H26N2. The first kappa shape index (κ1) is 11.4. The lowest BCUT2D eigenvalue weighted by molar-refractivity contribution is 0.222. The Kier molecular flexibility index (Phi) is 4.04. The molecule has 0 aromatic rings. The zero-order valence-electron chi connectivity index (χ0n) is 10.0. The molecule has 0 aromatic carbocycles. The molecule has 0 aliphatic heterocycles. The van der Waals surface area contributed by atoms with Crippen molar-refractivity contribution in [3.05, 3.63) is 0 Å². The minimum absolute atomic E-state index is 0.505. The summed E-state index contributed by atoms with van der Waals surface area (Å²) in [5.41, 5.74) is 6.42. The van der Waals surface area contributed by atoms with E-state index in [9.17, 15) is 0 Å². The fourth-order valence-electron chi connectivity index (χ4n) is 3.52. The standard InChI is InChI=1S/C13H26N2/c1-15-12-8-6-11(7-9-12)13(14)10-4-2-3-5-10/h10-13,15H,2-9,14H2,1H3. The van der Waals surface area contributed by atoms with E-state index in [1.165, 1.54) is 51.4 Å². The third-order valence-corrected chi connectivity index (χ3v) is 4.67. The van der Waals surface area contributed by atoms with Crippen LogP contribution in [-0.4, -0.2) is 19.1 Å². The van der Waals surface area contributed by atoms with Crippen molar-refractivity contribution in [3.63, 3.8) is 0 Å². The smallest absolute Gasteiger partial charge is 0.00956 e. The lowest BCUT2D eigenvalue weighted by Gasteiger charge is -2.34. The van der Waals surface area contributed by atoms with E-state index in [1.54, 1.807) is 0 Å². The van der Waals surface area contributed by atoms with Gasteiger partial charge in [0.25, 0.3) is 0 Å². The average molecular weight is 210 g/mol. The van der Waals surface area contributed by atoms with Crippen molar-refractivity contribution >= 4 is 0 Å². The van der Waals surface area contributed by atoms with Crippen molar-refractivity contribution in [2.75, 3.05) is 7.05 Å². The monoisotopic (exact) mass is 210 g/mol. The highest BCUT2D eigenvalue weighted by Gasteiger charge is 2.31. The Morgan fingerprint density at radius 2 is 1.47 bits per heavy atom. The maximum absolute atomic E-state index is 6.42. The molecule has 88 valence electrons. The van der Waals surface area contributed by atoms with Gasteiger partial charge in [-0.3, -0.25) is 0 Å². The van der Waals surface area contributed by atoms with Gasteiger partial charge in [0, 0.05) is 12.1 Å². The maximum Gasteiger partial charge on any atom is 0.00956 e. The fourth-order valence-corrected chi connectivity index (χ4v) is 3.52. The summed E-state index contributed by atoms with van der Waals surface area (Å²) in [6.45, 7) is 0. The number of nitrogens with one attached hydrogen (secondary N) is 1.